The van der Waals surface area contributed by atoms with Gasteiger partial charge in [-0.25, -0.2) is 28.5 Å². The number of nitrogens with zero attached hydrogens (tertiary/aromatic N) is 11. The van der Waals surface area contributed by atoms with Crippen LogP contribution in [0, 0.1) is 11.8 Å². The van der Waals surface area contributed by atoms with Crippen molar-refractivity contribution in [3.63, 3.8) is 0 Å². The monoisotopic (exact) mass is 1320 g/mol. The van der Waals surface area contributed by atoms with Gasteiger partial charge in [-0.2, -0.15) is 0 Å². The van der Waals surface area contributed by atoms with Crippen molar-refractivity contribution >= 4 is 64.6 Å². The first-order valence-corrected chi connectivity index (χ1v) is 33.1. The molecule has 25 heteroatoms. The normalized spacial score (nSPS) is 19.2. The van der Waals surface area contributed by atoms with Crippen LogP contribution in [-0.4, -0.2) is 172 Å². The van der Waals surface area contributed by atoms with Crippen molar-refractivity contribution in [1.29, 1.82) is 0 Å². The molecular formula is C71H94N14O11. The summed E-state index contributed by atoms with van der Waals surface area (Å²) in [6.45, 7) is 23.9. The summed E-state index contributed by atoms with van der Waals surface area (Å²) in [6, 6.07) is 29.7. The highest BCUT2D eigenvalue weighted by Crippen LogP contribution is 2.30. The van der Waals surface area contributed by atoms with E-state index in [4.69, 9.17) is 9.47 Å². The number of aromatic nitrogens is 6. The van der Waals surface area contributed by atoms with Crippen LogP contribution in [0.15, 0.2) is 107 Å². The molecule has 0 saturated carbocycles. The average Bonchev–Trinajstić information content (AvgIpc) is 1.64. The van der Waals surface area contributed by atoms with Crippen LogP contribution in [0.25, 0.3) is 22.8 Å². The van der Waals surface area contributed by atoms with Gasteiger partial charge in [0.2, 0.25) is 11.8 Å². The number of amides is 4. The summed E-state index contributed by atoms with van der Waals surface area (Å²) in [5.41, 5.74) is 5.52. The first-order chi connectivity index (χ1) is 45.4. The fraction of sp³-hybridized carbons (Fsp3) is 0.507. The predicted molar refractivity (Wildman–Crippen MR) is 368 cm³/mol. The lowest BCUT2D eigenvalue weighted by atomic mass is 9.95. The molecule has 6 aromatic rings. The zero-order valence-corrected chi connectivity index (χ0v) is 55.9. The van der Waals surface area contributed by atoms with Gasteiger partial charge in [0.1, 0.15) is 29.6 Å². The van der Waals surface area contributed by atoms with E-state index >= 15 is 0 Å². The Labute approximate surface area is 561 Å². The summed E-state index contributed by atoms with van der Waals surface area (Å²) < 4.78 is 16.1. The number of hydrogen-bond donors (Lipinski definition) is 3. The maximum Gasteiger partial charge on any atom is 0.346 e. The number of carbonyl (C=O) groups excluding carboxylic acids is 7. The minimum atomic E-state index is -0.784. The topological polar surface area (TPSA) is 270 Å². The number of ether oxygens (including phenoxy) is 2. The Bertz CT molecular complexity index is 3810. The highest BCUT2D eigenvalue weighted by atomic mass is 16.6. The smallest absolute Gasteiger partial charge is 0.346 e. The molecule has 2 aromatic heterocycles. The second-order valence-corrected chi connectivity index (χ2v) is 27.3. The standard InChI is InChI=1S/C35H45N7O5.C18H22N6O3.C17H23NO3.CH4/c1-35(2,3)47-33(45)26-7-11-27(12-8-26)40-17-15-24(16-18-40)23-39-19-21-41(22-20-39)28-9-5-25(6-10-28)31-37-42(34(46)38(31)4)29-13-14-30(43)36-32(29)44;1-22-16(12-2-4-13(5-3-12)23-10-8-19-9-11-23)21-24(18(22)27)14-6-7-15(25)20-17(14)26;1-17(2,3)21-16(20)14-4-6-15(7-5-14)18-10-8-13(12-19)9-11-18;/h5-12,24,29H,13-23H2,1-4H3,(H,36,43,44);2-5,14,19H,6-11H2,1H3,(H,20,25,26);4-7,12-13H,8-11H2,1-3H3;1H4. The number of imide groups is 2. The molecular weight excluding hydrogens is 1220 g/mol. The lowest BCUT2D eigenvalue weighted by Gasteiger charge is -2.40. The Morgan fingerprint density at radius 3 is 1.21 bits per heavy atom. The molecule has 6 fully saturated rings. The second kappa shape index (κ2) is 31.1. The predicted octanol–water partition coefficient (Wildman–Crippen LogP) is 6.55. The van der Waals surface area contributed by atoms with Gasteiger partial charge in [0.25, 0.3) is 11.8 Å². The molecule has 25 nitrogen and oxygen atoms in total. The van der Waals surface area contributed by atoms with E-state index in [0.717, 1.165) is 151 Å². The van der Waals surface area contributed by atoms with Crippen LogP contribution in [0.3, 0.4) is 0 Å². The van der Waals surface area contributed by atoms with Gasteiger partial charge in [-0.15, -0.1) is 10.2 Å². The molecule has 0 bridgehead atoms. The minimum absolute atomic E-state index is 0. The van der Waals surface area contributed by atoms with E-state index in [9.17, 15) is 43.2 Å². The van der Waals surface area contributed by atoms with Gasteiger partial charge in [-0.1, -0.05) is 7.43 Å². The number of nitrogens with one attached hydrogen (secondary N) is 3. The molecule has 2 atom stereocenters. The van der Waals surface area contributed by atoms with Crippen molar-refractivity contribution in [2.75, 3.05) is 105 Å². The summed E-state index contributed by atoms with van der Waals surface area (Å²) in [4.78, 5) is 120. The lowest BCUT2D eigenvalue weighted by Crippen LogP contribution is -2.49. The van der Waals surface area contributed by atoms with E-state index in [1.54, 1.807) is 26.2 Å². The van der Waals surface area contributed by atoms with Crippen LogP contribution in [0.4, 0.5) is 22.7 Å². The minimum Gasteiger partial charge on any atom is -0.456 e. The summed E-state index contributed by atoms with van der Waals surface area (Å²) in [5, 5.41) is 16.8. The Morgan fingerprint density at radius 2 is 0.844 bits per heavy atom. The van der Waals surface area contributed by atoms with Gasteiger partial charge in [0.05, 0.1) is 11.1 Å². The molecule has 514 valence electrons. The Balaban J connectivity index is 0.000000186. The maximum atomic E-state index is 12.9. The Morgan fingerprint density at radius 1 is 0.490 bits per heavy atom. The molecule has 8 heterocycles. The summed E-state index contributed by atoms with van der Waals surface area (Å²) in [5.74, 6) is -0.344. The van der Waals surface area contributed by atoms with Gasteiger partial charge in [0, 0.05) is 152 Å². The largest absolute Gasteiger partial charge is 0.456 e. The molecule has 4 amide bonds. The van der Waals surface area contributed by atoms with Gasteiger partial charge in [0.15, 0.2) is 11.6 Å². The Hall–Kier alpha value is -9.23. The first-order valence-electron chi connectivity index (χ1n) is 33.1. The van der Waals surface area contributed by atoms with Crippen molar-refractivity contribution in [3.8, 4) is 22.8 Å². The zero-order chi connectivity index (χ0) is 67.7. The first kappa shape index (κ1) is 71.1. The number of aldehydes is 1. The van der Waals surface area contributed by atoms with Crippen LogP contribution in [0.2, 0.25) is 0 Å². The van der Waals surface area contributed by atoms with E-state index in [0.29, 0.717) is 28.7 Å². The summed E-state index contributed by atoms with van der Waals surface area (Å²) in [6.07, 6.45) is 6.09. The number of anilines is 4. The third kappa shape index (κ3) is 17.8. The van der Waals surface area contributed by atoms with Gasteiger partial charge < -0.3 is 39.2 Å². The number of hydrogen-bond acceptors (Lipinski definition) is 19. The van der Waals surface area contributed by atoms with Crippen molar-refractivity contribution in [3.05, 3.63) is 129 Å². The highest BCUT2D eigenvalue weighted by Gasteiger charge is 2.34. The number of esters is 2. The molecule has 6 aliphatic heterocycles. The van der Waals surface area contributed by atoms with Crippen molar-refractivity contribution in [2.24, 2.45) is 25.9 Å². The second-order valence-electron chi connectivity index (χ2n) is 27.3. The summed E-state index contributed by atoms with van der Waals surface area (Å²) >= 11 is 0. The zero-order valence-electron chi connectivity index (χ0n) is 55.9. The molecule has 2 unspecified atom stereocenters. The van der Waals surface area contributed by atoms with E-state index in [-0.39, 0.29) is 74.2 Å². The fourth-order valence-electron chi connectivity index (χ4n) is 12.7. The average molecular weight is 1320 g/mol. The quantitative estimate of drug-likeness (QED) is 0.0628. The van der Waals surface area contributed by atoms with Crippen LogP contribution in [0.1, 0.15) is 133 Å². The SMILES string of the molecule is C.CC(C)(C)OC(=O)c1ccc(N2CCC(C=O)CC2)cc1.Cn1c(-c2ccc(N3CCN(CC4CCN(c5ccc(C(=O)OC(C)(C)C)cc5)CC4)CC3)cc2)nn(C2CCC(=O)NC2=O)c1=O.Cn1c(-c2ccc(N3CCNCC3)cc2)nn(C2CCC(=O)NC2=O)c1=O. The van der Waals surface area contributed by atoms with E-state index in [1.165, 1.54) is 18.5 Å². The van der Waals surface area contributed by atoms with Gasteiger partial charge in [-0.05, 0) is 183 Å². The van der Waals surface area contributed by atoms with Crippen LogP contribution in [0.5, 0.6) is 0 Å². The van der Waals surface area contributed by atoms with Crippen LogP contribution in [-0.2, 0) is 47.5 Å². The van der Waals surface area contributed by atoms with Gasteiger partial charge >= 0.3 is 23.3 Å². The number of benzene rings is 4. The third-order valence-electron chi connectivity index (χ3n) is 18.1. The molecule has 0 radical (unpaired) electrons. The van der Waals surface area contributed by atoms with Crippen molar-refractivity contribution < 1.29 is 43.0 Å². The number of piperidine rings is 4. The van der Waals surface area contributed by atoms with Crippen LogP contribution >= 0.6 is 0 Å². The van der Waals surface area contributed by atoms with E-state index in [1.807, 2.05) is 114 Å². The Kier molecular flexibility index (Phi) is 23.0. The fourth-order valence-corrected chi connectivity index (χ4v) is 12.7. The van der Waals surface area contributed by atoms with E-state index < -0.39 is 35.1 Å². The highest BCUT2D eigenvalue weighted by molar-refractivity contribution is 6.00. The van der Waals surface area contributed by atoms with Gasteiger partial charge in [-0.3, -0.25) is 43.8 Å². The summed E-state index contributed by atoms with van der Waals surface area (Å²) in [7, 11) is 3.28. The molecule has 0 aliphatic carbocycles. The molecule has 6 saturated heterocycles. The maximum absolute atomic E-state index is 12.9. The molecule has 0 spiro atoms. The molecule has 3 N–H and O–H groups in total. The van der Waals surface area contributed by atoms with Crippen molar-refractivity contribution in [2.45, 2.75) is 124 Å². The third-order valence-corrected chi connectivity index (χ3v) is 18.1. The molecule has 12 rings (SSSR count). The number of piperazine rings is 2. The number of rotatable bonds is 13. The number of carbonyl (C=O) groups is 7. The molecule has 6 aliphatic rings. The van der Waals surface area contributed by atoms with E-state index in [2.05, 4.69) is 62.8 Å². The molecule has 4 aromatic carbocycles. The van der Waals surface area contributed by atoms with Crippen LogP contribution < -0.4 is 46.9 Å². The lowest BCUT2D eigenvalue weighted by molar-refractivity contribution is -0.137. The molecule has 96 heavy (non-hydrogen) atoms. The van der Waals surface area contributed by atoms with Crippen molar-refractivity contribution in [1.82, 2.24) is 49.5 Å².